The van der Waals surface area contributed by atoms with E-state index in [0.29, 0.717) is 6.61 Å². The third kappa shape index (κ3) is 5.15. The highest BCUT2D eigenvalue weighted by atomic mass is 19.1. The molecule has 1 rings (SSSR count). The maximum Gasteiger partial charge on any atom is 0.307 e. The predicted octanol–water partition coefficient (Wildman–Crippen LogP) is 1.79. The Morgan fingerprint density at radius 3 is 2.57 bits per heavy atom. The second-order valence-electron chi connectivity index (χ2n) is 4.59. The molecule has 1 aromatic rings. The third-order valence-corrected chi connectivity index (χ3v) is 3.02. The molecule has 0 radical (unpaired) electrons. The summed E-state index contributed by atoms with van der Waals surface area (Å²) in [6.07, 6.45) is 0.0549. The maximum atomic E-state index is 13.8. The molecule has 0 fully saturated rings. The van der Waals surface area contributed by atoms with Crippen molar-refractivity contribution in [2.75, 3.05) is 33.9 Å². The number of carbonyl (C=O) groups is 2. The quantitative estimate of drug-likeness (QED) is 0.720. The van der Waals surface area contributed by atoms with E-state index >= 15 is 0 Å². The molecule has 0 aliphatic rings. The fourth-order valence-electron chi connectivity index (χ4n) is 1.82. The Balaban J connectivity index is 2.87. The highest BCUT2D eigenvalue weighted by Crippen LogP contribution is 2.13. The van der Waals surface area contributed by atoms with Crippen molar-refractivity contribution in [2.24, 2.45) is 0 Å². The topological polar surface area (TPSA) is 55.8 Å². The summed E-state index contributed by atoms with van der Waals surface area (Å²) in [6, 6.07) is 4.35. The van der Waals surface area contributed by atoms with E-state index in [-0.39, 0.29) is 25.1 Å². The molecule has 1 aromatic carbocycles. The zero-order valence-corrected chi connectivity index (χ0v) is 12.5. The van der Waals surface area contributed by atoms with Gasteiger partial charge in [-0.15, -0.1) is 0 Å². The van der Waals surface area contributed by atoms with Gasteiger partial charge in [0.05, 0.1) is 25.7 Å². The van der Waals surface area contributed by atoms with Crippen molar-refractivity contribution < 1.29 is 23.5 Å². The summed E-state index contributed by atoms with van der Waals surface area (Å²) < 4.78 is 23.3. The molecule has 0 aliphatic heterocycles. The van der Waals surface area contributed by atoms with Crippen LogP contribution in [0.15, 0.2) is 18.2 Å². The van der Waals surface area contributed by atoms with Crippen molar-refractivity contribution in [3.8, 4) is 0 Å². The van der Waals surface area contributed by atoms with Gasteiger partial charge in [-0.25, -0.2) is 4.39 Å². The average molecular weight is 297 g/mol. The summed E-state index contributed by atoms with van der Waals surface area (Å²) in [7, 11) is 2.79. The van der Waals surface area contributed by atoms with E-state index in [1.165, 1.54) is 31.3 Å². The Labute approximate surface area is 123 Å². The molecule has 0 spiro atoms. The molecule has 0 bridgehead atoms. The largest absolute Gasteiger partial charge is 0.469 e. The molecular weight excluding hydrogens is 277 g/mol. The molecule has 0 aromatic heterocycles. The molecule has 0 saturated carbocycles. The summed E-state index contributed by atoms with van der Waals surface area (Å²) in [4.78, 5) is 25.0. The fourth-order valence-corrected chi connectivity index (χ4v) is 1.82. The number of aryl methyl sites for hydroxylation is 1. The van der Waals surface area contributed by atoms with Gasteiger partial charge in [0.25, 0.3) is 5.91 Å². The standard InChI is InChI=1S/C15H20FNO4/c1-11-4-5-13(16)12(10-11)15(19)17(8-9-20-2)7-6-14(18)21-3/h4-5,10H,6-9H2,1-3H3. The van der Waals surface area contributed by atoms with Crippen molar-refractivity contribution in [3.05, 3.63) is 35.1 Å². The Bertz CT molecular complexity index is 504. The van der Waals surface area contributed by atoms with Crippen molar-refractivity contribution >= 4 is 11.9 Å². The SMILES string of the molecule is COCCN(CCC(=O)OC)C(=O)c1cc(C)ccc1F. The number of esters is 1. The van der Waals surface area contributed by atoms with E-state index in [1.807, 2.05) is 0 Å². The number of ether oxygens (including phenoxy) is 2. The van der Waals surface area contributed by atoms with Gasteiger partial charge in [0.1, 0.15) is 5.82 Å². The molecule has 1 amide bonds. The second kappa shape index (κ2) is 8.36. The summed E-state index contributed by atoms with van der Waals surface area (Å²) in [6.45, 7) is 2.52. The molecule has 0 atom stereocenters. The summed E-state index contributed by atoms with van der Waals surface area (Å²) in [5.41, 5.74) is 0.787. The first-order chi connectivity index (χ1) is 9.99. The summed E-state index contributed by atoms with van der Waals surface area (Å²) in [5.74, 6) is -1.46. The highest BCUT2D eigenvalue weighted by molar-refractivity contribution is 5.94. The van der Waals surface area contributed by atoms with Crippen LogP contribution >= 0.6 is 0 Å². The highest BCUT2D eigenvalue weighted by Gasteiger charge is 2.20. The number of hydrogen-bond donors (Lipinski definition) is 0. The minimum atomic E-state index is -0.578. The van der Waals surface area contributed by atoms with Crippen LogP contribution < -0.4 is 0 Å². The number of methoxy groups -OCH3 is 2. The lowest BCUT2D eigenvalue weighted by molar-refractivity contribution is -0.140. The monoisotopic (exact) mass is 297 g/mol. The van der Waals surface area contributed by atoms with Crippen LogP contribution in [0.2, 0.25) is 0 Å². The molecule has 0 unspecified atom stereocenters. The van der Waals surface area contributed by atoms with E-state index in [0.717, 1.165) is 5.56 Å². The third-order valence-electron chi connectivity index (χ3n) is 3.02. The molecule has 0 saturated heterocycles. The van der Waals surface area contributed by atoms with Crippen LogP contribution in [0.25, 0.3) is 0 Å². The molecule has 6 heteroatoms. The summed E-state index contributed by atoms with van der Waals surface area (Å²) >= 11 is 0. The number of halogens is 1. The van der Waals surface area contributed by atoms with E-state index in [4.69, 9.17) is 4.74 Å². The van der Waals surface area contributed by atoms with Crippen LogP contribution in [-0.4, -0.2) is 50.7 Å². The Kier molecular flexibility index (Phi) is 6.81. The average Bonchev–Trinajstić information content (AvgIpc) is 2.48. The number of amides is 1. The van der Waals surface area contributed by atoms with Crippen LogP contribution in [0.4, 0.5) is 4.39 Å². The van der Waals surface area contributed by atoms with Gasteiger partial charge in [-0.05, 0) is 19.1 Å². The molecule has 5 nitrogen and oxygen atoms in total. The molecule has 116 valence electrons. The Morgan fingerprint density at radius 1 is 1.24 bits per heavy atom. The zero-order chi connectivity index (χ0) is 15.8. The smallest absolute Gasteiger partial charge is 0.307 e. The van der Waals surface area contributed by atoms with Crippen molar-refractivity contribution in [1.29, 1.82) is 0 Å². The lowest BCUT2D eigenvalue weighted by Gasteiger charge is -2.22. The fraction of sp³-hybridized carbons (Fsp3) is 0.467. The number of carbonyl (C=O) groups excluding carboxylic acids is 2. The zero-order valence-electron chi connectivity index (χ0n) is 12.5. The molecular formula is C15H20FNO4. The van der Waals surface area contributed by atoms with E-state index in [1.54, 1.807) is 13.0 Å². The first kappa shape index (κ1) is 17.1. The van der Waals surface area contributed by atoms with Crippen LogP contribution in [-0.2, 0) is 14.3 Å². The number of hydrogen-bond acceptors (Lipinski definition) is 4. The van der Waals surface area contributed by atoms with E-state index in [9.17, 15) is 14.0 Å². The minimum absolute atomic E-state index is 0.00373. The number of nitrogens with zero attached hydrogens (tertiary/aromatic N) is 1. The normalized spacial score (nSPS) is 10.3. The predicted molar refractivity (Wildman–Crippen MR) is 75.5 cm³/mol. The van der Waals surface area contributed by atoms with Gasteiger partial charge in [-0.3, -0.25) is 9.59 Å². The van der Waals surface area contributed by atoms with Crippen LogP contribution in [0.1, 0.15) is 22.3 Å². The van der Waals surface area contributed by atoms with Gasteiger partial charge in [0.15, 0.2) is 0 Å². The van der Waals surface area contributed by atoms with Crippen molar-refractivity contribution in [2.45, 2.75) is 13.3 Å². The first-order valence-electron chi connectivity index (χ1n) is 6.60. The summed E-state index contributed by atoms with van der Waals surface area (Å²) in [5, 5.41) is 0. The van der Waals surface area contributed by atoms with Crippen LogP contribution in [0, 0.1) is 12.7 Å². The van der Waals surface area contributed by atoms with Gasteiger partial charge in [0.2, 0.25) is 0 Å². The van der Waals surface area contributed by atoms with Gasteiger partial charge >= 0.3 is 5.97 Å². The first-order valence-corrected chi connectivity index (χ1v) is 6.60. The Morgan fingerprint density at radius 2 is 1.95 bits per heavy atom. The minimum Gasteiger partial charge on any atom is -0.469 e. The van der Waals surface area contributed by atoms with Gasteiger partial charge in [-0.2, -0.15) is 0 Å². The molecule has 21 heavy (non-hydrogen) atoms. The number of rotatable bonds is 7. The number of benzene rings is 1. The maximum absolute atomic E-state index is 13.8. The van der Waals surface area contributed by atoms with Crippen molar-refractivity contribution in [3.63, 3.8) is 0 Å². The van der Waals surface area contributed by atoms with Crippen LogP contribution in [0.3, 0.4) is 0 Å². The lowest BCUT2D eigenvalue weighted by Crippen LogP contribution is -2.36. The molecule has 0 heterocycles. The lowest BCUT2D eigenvalue weighted by atomic mass is 10.1. The van der Waals surface area contributed by atoms with Crippen LogP contribution in [0.5, 0.6) is 0 Å². The van der Waals surface area contributed by atoms with E-state index < -0.39 is 17.7 Å². The van der Waals surface area contributed by atoms with Gasteiger partial charge < -0.3 is 14.4 Å². The van der Waals surface area contributed by atoms with Gasteiger partial charge in [0, 0.05) is 20.2 Å². The van der Waals surface area contributed by atoms with Crippen molar-refractivity contribution in [1.82, 2.24) is 4.90 Å². The second-order valence-corrected chi connectivity index (χ2v) is 4.59. The molecule has 0 aliphatic carbocycles. The van der Waals surface area contributed by atoms with Gasteiger partial charge in [-0.1, -0.05) is 11.6 Å². The van der Waals surface area contributed by atoms with E-state index in [2.05, 4.69) is 4.74 Å². The Hall–Kier alpha value is -1.95. The molecule has 0 N–H and O–H groups in total.